The molecule has 0 atom stereocenters. The number of carbonyl (C=O) groups excluding carboxylic acids is 1. The first-order valence-electron chi connectivity index (χ1n) is 7.37. The maximum absolute atomic E-state index is 12.4. The Bertz CT molecular complexity index is 490. The van der Waals surface area contributed by atoms with E-state index >= 15 is 0 Å². The SMILES string of the molecule is Cc1nn(C)c(CC(=O)CC2(CN)CCCCC2)c1Cl. The van der Waals surface area contributed by atoms with E-state index in [9.17, 15) is 4.79 Å². The van der Waals surface area contributed by atoms with E-state index in [2.05, 4.69) is 5.10 Å². The minimum atomic E-state index is 0.0233. The molecule has 2 rings (SSSR count). The molecule has 1 aliphatic carbocycles. The third-order valence-corrected chi connectivity index (χ3v) is 5.04. The Kier molecular flexibility index (Phi) is 4.86. The van der Waals surface area contributed by atoms with Crippen molar-refractivity contribution in [3.05, 3.63) is 16.4 Å². The fourth-order valence-electron chi connectivity index (χ4n) is 3.29. The maximum Gasteiger partial charge on any atom is 0.139 e. The van der Waals surface area contributed by atoms with E-state index in [1.165, 1.54) is 19.3 Å². The van der Waals surface area contributed by atoms with Crippen molar-refractivity contribution in [1.29, 1.82) is 0 Å². The van der Waals surface area contributed by atoms with Crippen molar-refractivity contribution >= 4 is 17.4 Å². The van der Waals surface area contributed by atoms with Crippen molar-refractivity contribution in [2.75, 3.05) is 6.54 Å². The Hall–Kier alpha value is -0.870. The van der Waals surface area contributed by atoms with Crippen LogP contribution in [0.25, 0.3) is 0 Å². The van der Waals surface area contributed by atoms with Crippen molar-refractivity contribution in [3.8, 4) is 0 Å². The van der Waals surface area contributed by atoms with E-state index in [1.807, 2.05) is 14.0 Å². The molecule has 0 radical (unpaired) electrons. The molecular weight excluding hydrogens is 274 g/mol. The molecule has 2 N–H and O–H groups in total. The number of ketones is 1. The van der Waals surface area contributed by atoms with Crippen LogP contribution in [0.3, 0.4) is 0 Å². The number of nitrogens with two attached hydrogens (primary N) is 1. The highest BCUT2D eigenvalue weighted by atomic mass is 35.5. The van der Waals surface area contributed by atoms with Crippen LogP contribution in [-0.2, 0) is 18.3 Å². The van der Waals surface area contributed by atoms with Gasteiger partial charge in [0.1, 0.15) is 5.78 Å². The van der Waals surface area contributed by atoms with Gasteiger partial charge in [-0.1, -0.05) is 30.9 Å². The van der Waals surface area contributed by atoms with Crippen LogP contribution in [0.1, 0.15) is 49.9 Å². The van der Waals surface area contributed by atoms with E-state index in [1.54, 1.807) is 4.68 Å². The molecule has 1 aromatic heterocycles. The lowest BCUT2D eigenvalue weighted by atomic mass is 9.70. The Morgan fingerprint density at radius 3 is 2.55 bits per heavy atom. The largest absolute Gasteiger partial charge is 0.330 e. The van der Waals surface area contributed by atoms with Gasteiger partial charge in [-0.25, -0.2) is 0 Å². The number of rotatable bonds is 5. The van der Waals surface area contributed by atoms with Gasteiger partial charge >= 0.3 is 0 Å². The molecule has 112 valence electrons. The third kappa shape index (κ3) is 3.23. The molecule has 1 heterocycles. The number of aromatic nitrogens is 2. The van der Waals surface area contributed by atoms with Crippen LogP contribution in [0, 0.1) is 12.3 Å². The summed E-state index contributed by atoms with van der Waals surface area (Å²) in [5.41, 5.74) is 7.57. The van der Waals surface area contributed by atoms with Crippen LogP contribution in [0.2, 0.25) is 5.02 Å². The van der Waals surface area contributed by atoms with E-state index < -0.39 is 0 Å². The van der Waals surface area contributed by atoms with Crippen molar-refractivity contribution in [3.63, 3.8) is 0 Å². The zero-order valence-electron chi connectivity index (χ0n) is 12.4. The van der Waals surface area contributed by atoms with E-state index in [4.69, 9.17) is 17.3 Å². The summed E-state index contributed by atoms with van der Waals surface area (Å²) in [6.45, 7) is 2.47. The van der Waals surface area contributed by atoms with Crippen molar-refractivity contribution in [2.45, 2.75) is 51.9 Å². The second-order valence-corrected chi connectivity index (χ2v) is 6.50. The number of hydrogen-bond donors (Lipinski definition) is 1. The number of hydrogen-bond acceptors (Lipinski definition) is 3. The Balaban J connectivity index is 2.04. The van der Waals surface area contributed by atoms with Crippen molar-refractivity contribution < 1.29 is 4.79 Å². The highest BCUT2D eigenvalue weighted by Gasteiger charge is 2.33. The lowest BCUT2D eigenvalue weighted by Crippen LogP contribution is -2.35. The zero-order chi connectivity index (χ0) is 14.8. The lowest BCUT2D eigenvalue weighted by Gasteiger charge is -2.35. The fourth-order valence-corrected chi connectivity index (χ4v) is 3.52. The van der Waals surface area contributed by atoms with E-state index in [-0.39, 0.29) is 11.2 Å². The molecule has 1 fully saturated rings. The second-order valence-electron chi connectivity index (χ2n) is 6.13. The molecule has 1 aromatic rings. The van der Waals surface area contributed by atoms with Gasteiger partial charge in [-0.15, -0.1) is 0 Å². The lowest BCUT2D eigenvalue weighted by molar-refractivity contribution is -0.121. The second kappa shape index (κ2) is 6.27. The topological polar surface area (TPSA) is 60.9 Å². The molecule has 5 heteroatoms. The van der Waals surface area contributed by atoms with Gasteiger partial charge < -0.3 is 5.73 Å². The molecule has 20 heavy (non-hydrogen) atoms. The molecule has 1 saturated carbocycles. The van der Waals surface area contributed by atoms with Crippen LogP contribution in [0.15, 0.2) is 0 Å². The predicted octanol–water partition coefficient (Wildman–Crippen LogP) is 2.79. The number of nitrogens with zero attached hydrogens (tertiary/aromatic N) is 2. The third-order valence-electron chi connectivity index (χ3n) is 4.55. The summed E-state index contributed by atoms with van der Waals surface area (Å²) in [5, 5.41) is 4.87. The monoisotopic (exact) mass is 297 g/mol. The first-order valence-corrected chi connectivity index (χ1v) is 7.75. The maximum atomic E-state index is 12.4. The standard InChI is InChI=1S/C15H24ClN3O/c1-11-14(16)13(19(2)18-11)8-12(20)9-15(10-17)6-4-3-5-7-15/h3-10,17H2,1-2H3. The first kappa shape index (κ1) is 15.5. The highest BCUT2D eigenvalue weighted by Crippen LogP contribution is 2.39. The summed E-state index contributed by atoms with van der Waals surface area (Å²) >= 11 is 6.21. The van der Waals surface area contributed by atoms with Crippen molar-refractivity contribution in [1.82, 2.24) is 9.78 Å². The first-order chi connectivity index (χ1) is 9.47. The van der Waals surface area contributed by atoms with Crippen molar-refractivity contribution in [2.24, 2.45) is 18.2 Å². The summed E-state index contributed by atoms with van der Waals surface area (Å²) in [6, 6.07) is 0. The van der Waals surface area contributed by atoms with E-state index in [0.717, 1.165) is 24.2 Å². The Labute approximate surface area is 125 Å². The molecule has 0 saturated heterocycles. The molecule has 0 amide bonds. The summed E-state index contributed by atoms with van der Waals surface area (Å²) in [6.07, 6.45) is 6.73. The van der Waals surface area contributed by atoms with Gasteiger partial charge in [0.05, 0.1) is 16.4 Å². The van der Waals surface area contributed by atoms with Crippen LogP contribution in [0.5, 0.6) is 0 Å². The fraction of sp³-hybridized carbons (Fsp3) is 0.733. The minimum absolute atomic E-state index is 0.0233. The molecular formula is C15H24ClN3O. The van der Waals surface area contributed by atoms with Gasteiger partial charge in [0, 0.05) is 19.9 Å². The normalized spacial score (nSPS) is 18.2. The quantitative estimate of drug-likeness (QED) is 0.909. The van der Waals surface area contributed by atoms with Gasteiger partial charge in [-0.05, 0) is 31.7 Å². The molecule has 1 aliphatic rings. The number of Topliss-reactive ketones (excluding diaryl/α,β-unsaturated/α-hetero) is 1. The van der Waals surface area contributed by atoms with Gasteiger partial charge in [0.15, 0.2) is 0 Å². The average Bonchev–Trinajstić information content (AvgIpc) is 2.66. The molecule has 4 nitrogen and oxygen atoms in total. The van der Waals surface area contributed by atoms with Crippen LogP contribution in [-0.4, -0.2) is 22.1 Å². The minimum Gasteiger partial charge on any atom is -0.330 e. The Morgan fingerprint density at radius 2 is 2.05 bits per heavy atom. The van der Waals surface area contributed by atoms with Crippen LogP contribution >= 0.6 is 11.6 Å². The highest BCUT2D eigenvalue weighted by molar-refractivity contribution is 6.32. The van der Waals surface area contributed by atoms with Gasteiger partial charge in [-0.2, -0.15) is 5.10 Å². The number of halogens is 1. The van der Waals surface area contributed by atoms with Crippen LogP contribution in [0.4, 0.5) is 0 Å². The summed E-state index contributed by atoms with van der Waals surface area (Å²) < 4.78 is 1.71. The van der Waals surface area contributed by atoms with Crippen LogP contribution < -0.4 is 5.73 Å². The van der Waals surface area contributed by atoms with Gasteiger partial charge in [0.2, 0.25) is 0 Å². The molecule has 0 aromatic carbocycles. The molecule has 0 spiro atoms. The summed E-state index contributed by atoms with van der Waals surface area (Å²) in [7, 11) is 1.83. The van der Waals surface area contributed by atoms with Gasteiger partial charge in [-0.3, -0.25) is 9.48 Å². The van der Waals surface area contributed by atoms with E-state index in [0.29, 0.717) is 24.4 Å². The summed E-state index contributed by atoms with van der Waals surface area (Å²) in [4.78, 5) is 12.4. The number of aryl methyl sites for hydroxylation is 2. The Morgan fingerprint density at radius 1 is 1.40 bits per heavy atom. The predicted molar refractivity (Wildman–Crippen MR) is 80.9 cm³/mol. The molecule has 0 aliphatic heterocycles. The molecule has 0 bridgehead atoms. The molecule has 0 unspecified atom stereocenters. The average molecular weight is 298 g/mol. The zero-order valence-corrected chi connectivity index (χ0v) is 13.2. The van der Waals surface area contributed by atoms with Gasteiger partial charge in [0.25, 0.3) is 0 Å². The number of carbonyl (C=O) groups is 1. The smallest absolute Gasteiger partial charge is 0.139 e. The summed E-state index contributed by atoms with van der Waals surface area (Å²) in [5.74, 6) is 0.224.